The van der Waals surface area contributed by atoms with Crippen molar-refractivity contribution in [2.75, 3.05) is 24.1 Å². The maximum absolute atomic E-state index is 10.8. The van der Waals surface area contributed by atoms with Gasteiger partial charge in [-0.15, -0.1) is 0 Å². The quantitative estimate of drug-likeness (QED) is 0.646. The Morgan fingerprint density at radius 3 is 2.74 bits per heavy atom. The molecule has 1 aliphatic heterocycles. The molecule has 0 spiro atoms. The van der Waals surface area contributed by atoms with E-state index in [4.69, 9.17) is 5.73 Å². The zero-order valence-corrected chi connectivity index (χ0v) is 13.3. The van der Waals surface area contributed by atoms with Crippen LogP contribution in [0.4, 0.5) is 17.5 Å². The Morgan fingerprint density at radius 1 is 1.26 bits per heavy atom. The van der Waals surface area contributed by atoms with E-state index >= 15 is 0 Å². The number of likely N-dealkylation sites (tertiary alicyclic amines) is 1. The standard InChI is InChI=1S/C15H24N6O2/c16-14-13(21(22)23)9-17-15(19-14)18-11-5-4-8-20(10-11)12-6-2-1-3-7-12/h9,11-12H,1-8,10H2,(H3,16,17,18,19). The number of anilines is 2. The molecule has 8 nitrogen and oxygen atoms in total. The summed E-state index contributed by atoms with van der Waals surface area (Å²) in [7, 11) is 0. The van der Waals surface area contributed by atoms with Crippen molar-refractivity contribution in [3.63, 3.8) is 0 Å². The van der Waals surface area contributed by atoms with Gasteiger partial charge in [-0.2, -0.15) is 4.98 Å². The van der Waals surface area contributed by atoms with E-state index in [9.17, 15) is 10.1 Å². The summed E-state index contributed by atoms with van der Waals surface area (Å²) in [6, 6.07) is 0.975. The highest BCUT2D eigenvalue weighted by atomic mass is 16.6. The zero-order valence-electron chi connectivity index (χ0n) is 13.3. The lowest BCUT2D eigenvalue weighted by Crippen LogP contribution is -2.47. The van der Waals surface area contributed by atoms with Crippen molar-refractivity contribution in [2.45, 2.75) is 57.0 Å². The Morgan fingerprint density at radius 2 is 2.04 bits per heavy atom. The fraction of sp³-hybridized carbons (Fsp3) is 0.733. The Bertz CT molecular complexity index is 561. The maximum atomic E-state index is 10.8. The van der Waals surface area contributed by atoms with Gasteiger partial charge in [-0.1, -0.05) is 19.3 Å². The summed E-state index contributed by atoms with van der Waals surface area (Å²) in [5, 5.41) is 14.0. The van der Waals surface area contributed by atoms with Crippen molar-refractivity contribution >= 4 is 17.5 Å². The summed E-state index contributed by atoms with van der Waals surface area (Å²) in [5.41, 5.74) is 5.38. The summed E-state index contributed by atoms with van der Waals surface area (Å²) >= 11 is 0. The third-order valence-corrected chi connectivity index (χ3v) is 4.87. The first-order valence-electron chi connectivity index (χ1n) is 8.41. The Labute approximate surface area is 135 Å². The van der Waals surface area contributed by atoms with E-state index in [1.165, 1.54) is 38.3 Å². The van der Waals surface area contributed by atoms with E-state index in [1.54, 1.807) is 0 Å². The average molecular weight is 320 g/mol. The van der Waals surface area contributed by atoms with E-state index in [-0.39, 0.29) is 17.5 Å². The van der Waals surface area contributed by atoms with Crippen LogP contribution in [0.3, 0.4) is 0 Å². The van der Waals surface area contributed by atoms with Gasteiger partial charge in [0.15, 0.2) is 0 Å². The fourth-order valence-corrected chi connectivity index (χ4v) is 3.68. The van der Waals surface area contributed by atoms with Gasteiger partial charge in [-0.3, -0.25) is 15.0 Å². The molecule has 0 radical (unpaired) electrons. The zero-order chi connectivity index (χ0) is 16.2. The predicted molar refractivity (Wildman–Crippen MR) is 88.2 cm³/mol. The van der Waals surface area contributed by atoms with Gasteiger partial charge in [-0.05, 0) is 32.2 Å². The molecule has 126 valence electrons. The van der Waals surface area contributed by atoms with Crippen molar-refractivity contribution in [3.05, 3.63) is 16.3 Å². The second-order valence-corrected chi connectivity index (χ2v) is 6.49. The number of nitrogens with one attached hydrogen (secondary N) is 1. The first-order valence-corrected chi connectivity index (χ1v) is 8.41. The first-order chi connectivity index (χ1) is 11.1. The molecule has 1 atom stereocenters. The number of nitrogen functional groups attached to an aromatic ring is 1. The summed E-state index contributed by atoms with van der Waals surface area (Å²) in [4.78, 5) is 20.8. The molecule has 1 aromatic heterocycles. The molecule has 1 saturated carbocycles. The van der Waals surface area contributed by atoms with Crippen LogP contribution in [-0.2, 0) is 0 Å². The van der Waals surface area contributed by atoms with E-state index in [0.717, 1.165) is 25.9 Å². The molecule has 3 rings (SSSR count). The summed E-state index contributed by atoms with van der Waals surface area (Å²) in [5.74, 6) is 0.288. The van der Waals surface area contributed by atoms with Crippen LogP contribution in [0.5, 0.6) is 0 Å². The molecule has 2 aliphatic rings. The number of aromatic nitrogens is 2. The lowest BCUT2D eigenvalue weighted by Gasteiger charge is -2.40. The molecular weight excluding hydrogens is 296 g/mol. The lowest BCUT2D eigenvalue weighted by molar-refractivity contribution is -0.384. The van der Waals surface area contributed by atoms with Crippen LogP contribution in [0.2, 0.25) is 0 Å². The highest BCUT2D eigenvalue weighted by Crippen LogP contribution is 2.26. The summed E-state index contributed by atoms with van der Waals surface area (Å²) < 4.78 is 0. The van der Waals surface area contributed by atoms with Crippen molar-refractivity contribution < 1.29 is 4.92 Å². The van der Waals surface area contributed by atoms with Crippen LogP contribution in [0.1, 0.15) is 44.9 Å². The Hall–Kier alpha value is -1.96. The van der Waals surface area contributed by atoms with Crippen molar-refractivity contribution in [1.29, 1.82) is 0 Å². The van der Waals surface area contributed by atoms with Crippen LogP contribution in [-0.4, -0.2) is 45.0 Å². The Balaban J connectivity index is 1.61. The molecule has 0 bridgehead atoms. The van der Waals surface area contributed by atoms with Gasteiger partial charge in [-0.25, -0.2) is 4.98 Å². The molecule has 3 N–H and O–H groups in total. The van der Waals surface area contributed by atoms with Gasteiger partial charge < -0.3 is 11.1 Å². The third kappa shape index (κ3) is 3.87. The second-order valence-electron chi connectivity index (χ2n) is 6.49. The van der Waals surface area contributed by atoms with Crippen molar-refractivity contribution in [1.82, 2.24) is 14.9 Å². The van der Waals surface area contributed by atoms with Crippen molar-refractivity contribution in [2.24, 2.45) is 0 Å². The molecule has 1 aromatic rings. The molecule has 1 aliphatic carbocycles. The van der Waals surface area contributed by atoms with Gasteiger partial charge >= 0.3 is 5.69 Å². The first kappa shape index (κ1) is 15.9. The van der Waals surface area contributed by atoms with Crippen LogP contribution >= 0.6 is 0 Å². The number of nitrogens with zero attached hydrogens (tertiary/aromatic N) is 4. The molecule has 1 unspecified atom stereocenters. The molecule has 23 heavy (non-hydrogen) atoms. The van der Waals surface area contributed by atoms with E-state index in [0.29, 0.717) is 12.0 Å². The maximum Gasteiger partial charge on any atom is 0.329 e. The minimum atomic E-state index is -0.565. The van der Waals surface area contributed by atoms with Gasteiger partial charge in [0.1, 0.15) is 6.20 Å². The highest BCUT2D eigenvalue weighted by molar-refractivity contribution is 5.53. The molecule has 0 amide bonds. The highest BCUT2D eigenvalue weighted by Gasteiger charge is 2.27. The number of nitro groups is 1. The van der Waals surface area contributed by atoms with Gasteiger partial charge in [0.05, 0.1) is 4.92 Å². The summed E-state index contributed by atoms with van der Waals surface area (Å²) in [6.07, 6.45) is 10.0. The number of nitrogens with two attached hydrogens (primary N) is 1. The van der Waals surface area contributed by atoms with Crippen LogP contribution in [0.25, 0.3) is 0 Å². The lowest BCUT2D eigenvalue weighted by atomic mass is 9.92. The number of piperidine rings is 1. The SMILES string of the molecule is Nc1nc(NC2CCCN(C3CCCCC3)C2)ncc1[N+](=O)[O-]. The normalized spacial score (nSPS) is 23.6. The minimum absolute atomic E-state index is 0.0903. The van der Waals surface area contributed by atoms with E-state index in [2.05, 4.69) is 20.2 Å². The molecule has 2 heterocycles. The van der Waals surface area contributed by atoms with Crippen LogP contribution in [0, 0.1) is 10.1 Å². The van der Waals surface area contributed by atoms with E-state index in [1.807, 2.05) is 0 Å². The minimum Gasteiger partial charge on any atom is -0.378 e. The summed E-state index contributed by atoms with van der Waals surface area (Å²) in [6.45, 7) is 2.14. The monoisotopic (exact) mass is 320 g/mol. The van der Waals surface area contributed by atoms with Gasteiger partial charge in [0.2, 0.25) is 11.8 Å². The topological polar surface area (TPSA) is 110 Å². The van der Waals surface area contributed by atoms with Gasteiger partial charge in [0, 0.05) is 18.6 Å². The molecule has 0 aromatic carbocycles. The van der Waals surface area contributed by atoms with E-state index < -0.39 is 4.92 Å². The average Bonchev–Trinajstić information content (AvgIpc) is 2.56. The molecule has 1 saturated heterocycles. The molecule has 2 fully saturated rings. The smallest absolute Gasteiger partial charge is 0.329 e. The largest absolute Gasteiger partial charge is 0.378 e. The fourth-order valence-electron chi connectivity index (χ4n) is 3.68. The third-order valence-electron chi connectivity index (χ3n) is 4.87. The number of rotatable bonds is 4. The number of hydrogen-bond donors (Lipinski definition) is 2. The van der Waals surface area contributed by atoms with Crippen molar-refractivity contribution in [3.8, 4) is 0 Å². The Kier molecular flexibility index (Phi) is 4.90. The molecule has 8 heteroatoms. The van der Waals surface area contributed by atoms with Crippen LogP contribution < -0.4 is 11.1 Å². The van der Waals surface area contributed by atoms with Crippen LogP contribution in [0.15, 0.2) is 6.20 Å². The predicted octanol–water partition coefficient (Wildman–Crippen LogP) is 2.18. The molecular formula is C15H24N6O2. The number of hydrogen-bond acceptors (Lipinski definition) is 7. The van der Waals surface area contributed by atoms with Gasteiger partial charge in [0.25, 0.3) is 0 Å². The second kappa shape index (κ2) is 7.08.